The van der Waals surface area contributed by atoms with Gasteiger partial charge in [0.25, 0.3) is 11.9 Å². The third kappa shape index (κ3) is 11.0. The lowest BCUT2D eigenvalue weighted by Gasteiger charge is -2.33. The molecular weight excluding hydrogens is 620 g/mol. The number of rotatable bonds is 7. The predicted molar refractivity (Wildman–Crippen MR) is 174 cm³/mol. The molecule has 2 bridgehead atoms. The fraction of sp³-hybridized carbons (Fsp3) is 0.485. The van der Waals surface area contributed by atoms with E-state index in [4.69, 9.17) is 19.4 Å². The molecule has 1 saturated carbocycles. The Hall–Kier alpha value is -5.05. The second-order valence-electron chi connectivity index (χ2n) is 11.9. The minimum absolute atomic E-state index is 0.110. The van der Waals surface area contributed by atoms with Gasteiger partial charge in [0.2, 0.25) is 11.8 Å². The van der Waals surface area contributed by atoms with E-state index in [0.717, 1.165) is 31.0 Å². The van der Waals surface area contributed by atoms with Crippen LogP contribution in [0, 0.1) is 11.3 Å². The monoisotopic (exact) mass is 664 g/mol. The molecule has 258 valence electrons. The summed E-state index contributed by atoms with van der Waals surface area (Å²) in [4.78, 5) is 48.6. The molecule has 2 aromatic carbocycles. The van der Waals surface area contributed by atoms with Crippen molar-refractivity contribution >= 4 is 23.7 Å². The van der Waals surface area contributed by atoms with Crippen LogP contribution in [0.15, 0.2) is 48.5 Å². The number of nitrogens with one attached hydrogen (secondary N) is 4. The smallest absolute Gasteiger partial charge is 0.300 e. The number of aromatic nitrogens is 4. The summed E-state index contributed by atoms with van der Waals surface area (Å²) in [5.74, 6) is 0.373. The van der Waals surface area contributed by atoms with E-state index in [9.17, 15) is 14.4 Å². The lowest BCUT2D eigenvalue weighted by molar-refractivity contribution is -0.135. The molecule has 15 nitrogen and oxygen atoms in total. The van der Waals surface area contributed by atoms with Gasteiger partial charge in [-0.25, -0.2) is 0 Å². The third-order valence-electron chi connectivity index (χ3n) is 7.93. The van der Waals surface area contributed by atoms with Crippen LogP contribution in [-0.2, 0) is 32.1 Å². The first-order valence-electron chi connectivity index (χ1n) is 16.0. The molecule has 2 heterocycles. The van der Waals surface area contributed by atoms with E-state index in [1.807, 2.05) is 42.5 Å². The Morgan fingerprint density at radius 1 is 1.08 bits per heavy atom. The average molecular weight is 665 g/mol. The molecule has 1 atom stereocenters. The number of hydrogen-bond acceptors (Lipinski definition) is 10. The number of aliphatic carboxylic acids is 1. The first-order chi connectivity index (χ1) is 23.2. The first-order valence-corrected chi connectivity index (χ1v) is 16.0. The second-order valence-corrected chi connectivity index (χ2v) is 11.9. The van der Waals surface area contributed by atoms with E-state index >= 15 is 0 Å². The summed E-state index contributed by atoms with van der Waals surface area (Å²) in [7, 11) is 1.54. The number of carboxylic acid groups (broad SMARTS) is 1. The highest BCUT2D eigenvalue weighted by atomic mass is 16.5. The van der Waals surface area contributed by atoms with Gasteiger partial charge in [0, 0.05) is 33.0 Å². The van der Waals surface area contributed by atoms with Crippen LogP contribution < -0.4 is 30.7 Å². The van der Waals surface area contributed by atoms with Crippen molar-refractivity contribution in [3.8, 4) is 17.2 Å². The Kier molecular flexibility index (Phi) is 13.2. The molecule has 1 aromatic heterocycles. The van der Waals surface area contributed by atoms with Gasteiger partial charge in [-0.3, -0.25) is 19.2 Å². The number of ether oxygens (including phenoxy) is 2. The zero-order chi connectivity index (χ0) is 34.4. The Balaban J connectivity index is 0.00000123. The zero-order valence-corrected chi connectivity index (χ0v) is 27.4. The summed E-state index contributed by atoms with van der Waals surface area (Å²) >= 11 is 0. The summed E-state index contributed by atoms with van der Waals surface area (Å²) in [6.07, 6.45) is 3.98. The van der Waals surface area contributed by atoms with Crippen molar-refractivity contribution < 1.29 is 33.8 Å². The lowest BCUT2D eigenvalue weighted by Crippen LogP contribution is -2.50. The lowest BCUT2D eigenvalue weighted by atomic mass is 9.75. The van der Waals surface area contributed by atoms with Crippen LogP contribution in [0.5, 0.6) is 11.5 Å². The number of carbonyl (C=O) groups is 4. The van der Waals surface area contributed by atoms with Crippen LogP contribution in [0.2, 0.25) is 0 Å². The van der Waals surface area contributed by atoms with Gasteiger partial charge in [-0.1, -0.05) is 37.1 Å². The van der Waals surface area contributed by atoms with Crippen LogP contribution in [-0.4, -0.2) is 88.9 Å². The van der Waals surface area contributed by atoms with Crippen molar-refractivity contribution in [2.45, 2.75) is 52.0 Å². The minimum Gasteiger partial charge on any atom is -0.493 e. The van der Waals surface area contributed by atoms with Gasteiger partial charge >= 0.3 is 0 Å². The largest absolute Gasteiger partial charge is 0.493 e. The quantitative estimate of drug-likeness (QED) is 0.245. The highest BCUT2D eigenvalue weighted by Gasteiger charge is 2.43. The number of nitrogens with zero attached hydrogens (tertiary/aromatic N) is 4. The number of hydrogen-bond donors (Lipinski definition) is 5. The molecule has 5 rings (SSSR count). The normalized spacial score (nSPS) is 19.1. The van der Waals surface area contributed by atoms with Crippen molar-refractivity contribution in [3.63, 3.8) is 0 Å². The topological polar surface area (TPSA) is 199 Å². The summed E-state index contributed by atoms with van der Waals surface area (Å²) in [5.41, 5.74) is 0.659. The van der Waals surface area contributed by atoms with E-state index in [-0.39, 0.29) is 37.4 Å². The van der Waals surface area contributed by atoms with Gasteiger partial charge < -0.3 is 35.8 Å². The van der Waals surface area contributed by atoms with Crippen LogP contribution in [0.1, 0.15) is 50.4 Å². The molecule has 1 aliphatic heterocycles. The van der Waals surface area contributed by atoms with Gasteiger partial charge in [-0.15, -0.1) is 5.10 Å². The van der Waals surface area contributed by atoms with Crippen LogP contribution in [0.25, 0.3) is 5.69 Å². The Morgan fingerprint density at radius 2 is 1.85 bits per heavy atom. The van der Waals surface area contributed by atoms with E-state index in [2.05, 4.69) is 36.8 Å². The molecule has 2 aliphatic rings. The van der Waals surface area contributed by atoms with Crippen LogP contribution in [0.4, 0.5) is 0 Å². The number of para-hydroxylation sites is 1. The summed E-state index contributed by atoms with van der Waals surface area (Å²) in [5, 5.41) is 31.7. The maximum Gasteiger partial charge on any atom is 0.300 e. The van der Waals surface area contributed by atoms with Crippen molar-refractivity contribution in [1.29, 1.82) is 0 Å². The maximum atomic E-state index is 14.3. The number of fused-ring (bicyclic) bond motifs is 2. The molecule has 0 spiro atoms. The Labute approximate surface area is 279 Å². The number of methoxy groups -OCH3 is 1. The number of carboxylic acids is 1. The van der Waals surface area contributed by atoms with Crippen molar-refractivity contribution in [1.82, 2.24) is 41.5 Å². The van der Waals surface area contributed by atoms with E-state index in [1.54, 1.807) is 10.7 Å². The van der Waals surface area contributed by atoms with Crippen molar-refractivity contribution in [2.24, 2.45) is 11.3 Å². The van der Waals surface area contributed by atoms with Gasteiger partial charge in [0.1, 0.15) is 0 Å². The number of benzene rings is 2. The molecule has 3 amide bonds. The summed E-state index contributed by atoms with van der Waals surface area (Å²) in [6.45, 7) is 2.85. The number of carbonyl (C=O) groups excluding carboxylic acids is 3. The van der Waals surface area contributed by atoms with Gasteiger partial charge in [-0.2, -0.15) is 4.68 Å². The zero-order valence-electron chi connectivity index (χ0n) is 27.4. The second kappa shape index (κ2) is 17.8. The molecule has 1 unspecified atom stereocenters. The van der Waals surface area contributed by atoms with E-state index in [1.165, 1.54) is 7.11 Å². The molecular formula is C33H44N8O7. The molecule has 3 aromatic rings. The third-order valence-corrected chi connectivity index (χ3v) is 7.93. The molecule has 0 saturated heterocycles. The number of tetrazole rings is 1. The van der Waals surface area contributed by atoms with E-state index in [0.29, 0.717) is 68.6 Å². The fourth-order valence-electron chi connectivity index (χ4n) is 5.44. The minimum atomic E-state index is -0.950. The maximum absolute atomic E-state index is 14.3. The van der Waals surface area contributed by atoms with E-state index < -0.39 is 11.4 Å². The molecule has 1 aliphatic carbocycles. The molecule has 48 heavy (non-hydrogen) atoms. The molecule has 0 radical (unpaired) electrons. The number of amides is 3. The van der Waals surface area contributed by atoms with Gasteiger partial charge in [0.05, 0.1) is 24.8 Å². The molecule has 15 heteroatoms. The fourth-order valence-corrected chi connectivity index (χ4v) is 5.44. The summed E-state index contributed by atoms with van der Waals surface area (Å²) < 4.78 is 12.9. The highest BCUT2D eigenvalue weighted by Crippen LogP contribution is 2.43. The van der Waals surface area contributed by atoms with Gasteiger partial charge in [0.15, 0.2) is 23.9 Å². The summed E-state index contributed by atoms with van der Waals surface area (Å²) in [6, 6.07) is 14.9. The average Bonchev–Trinajstić information content (AvgIpc) is 3.76. The Morgan fingerprint density at radius 3 is 2.58 bits per heavy atom. The SMILES string of the molecule is CC(=O)O.COc1ccc2cc1OCC(=O)NCCNCCCC(=O)NCC(CC1CC1)(C(=O)NCc1nnnn1-c1ccccc1)C2. The standard InChI is InChI=1S/C31H40N8O5.C2H4O2/c1-43-25-12-11-23-16-26(25)44-20-29(41)33-15-14-32-13-5-8-28(40)35-21-31(18-23,17-22-9-10-22)30(42)34-19-27-36-37-38-39(27)24-6-3-2-4-7-24;1-2(3)4/h2-4,6-7,11-12,16,22,32H,5,8-10,13-15,17-21H2,1H3,(H,33,41)(H,34,42)(H,35,40);1H3,(H,3,4). The van der Waals surface area contributed by atoms with Gasteiger partial charge in [-0.05, 0) is 72.0 Å². The van der Waals surface area contributed by atoms with Crippen LogP contribution in [0.3, 0.4) is 0 Å². The Bertz CT molecular complexity index is 1530. The predicted octanol–water partition coefficient (Wildman–Crippen LogP) is 1.40. The molecule has 5 N–H and O–H groups in total. The van der Waals surface area contributed by atoms with Crippen LogP contribution >= 0.6 is 0 Å². The first kappa shape index (κ1) is 35.8. The van der Waals surface area contributed by atoms with Crippen molar-refractivity contribution in [3.05, 3.63) is 59.9 Å². The highest BCUT2D eigenvalue weighted by molar-refractivity contribution is 5.84. The van der Waals surface area contributed by atoms with Crippen molar-refractivity contribution in [2.75, 3.05) is 39.9 Å². The molecule has 1 fully saturated rings.